The largest absolute Gasteiger partial charge is 1.00 e. The van der Waals surface area contributed by atoms with Crippen LogP contribution < -0.4 is 61.2 Å². The van der Waals surface area contributed by atoms with E-state index in [2.05, 4.69) is 6.92 Å². The van der Waals surface area contributed by atoms with E-state index in [0.29, 0.717) is 6.42 Å². The summed E-state index contributed by atoms with van der Waals surface area (Å²) in [5.41, 5.74) is 0. The number of sulfonamides is 1. The van der Waals surface area contributed by atoms with Gasteiger partial charge in [-0.25, -0.2) is 13.1 Å². The summed E-state index contributed by atoms with van der Waals surface area (Å²) in [6, 6.07) is 0. The van der Waals surface area contributed by atoms with E-state index in [9.17, 15) is 18.3 Å². The number of aliphatic carboxylic acids is 1. The molecule has 0 saturated carbocycles. The molecule has 0 atom stereocenters. The maximum absolute atomic E-state index is 11.5. The van der Waals surface area contributed by atoms with Crippen LogP contribution in [-0.4, -0.2) is 26.7 Å². The first kappa shape index (κ1) is 29.2. The number of carbonyl (C=O) groups excluding carboxylic acids is 1. The standard InChI is InChI=1S/C19H39NO4S.K/c1-2-3-4-5-6-7-8-9-10-11-12-13-14-15-16-17-25(23,24)20-18-19(21)22;/h20H,2-18H2,1H3,(H,21,22);/q;+1/p-1. The summed E-state index contributed by atoms with van der Waals surface area (Å²) in [6.07, 6.45) is 18.4. The molecule has 7 heteroatoms. The topological polar surface area (TPSA) is 86.3 Å². The molecular formula is C19H38KNO4S. The zero-order chi connectivity index (χ0) is 18.8. The molecule has 0 aliphatic rings. The Morgan fingerprint density at radius 1 is 0.731 bits per heavy atom. The van der Waals surface area contributed by atoms with Crippen molar-refractivity contribution in [1.82, 2.24) is 4.72 Å². The minimum atomic E-state index is -3.47. The molecule has 1 N–H and O–H groups in total. The SMILES string of the molecule is CCCCCCCCCCCCCCCCCS(=O)(=O)NCC(=O)[O-].[K+]. The Kier molecular flexibility index (Phi) is 23.3. The van der Waals surface area contributed by atoms with Gasteiger partial charge in [-0.1, -0.05) is 96.8 Å². The van der Waals surface area contributed by atoms with Crippen LogP contribution in [0.5, 0.6) is 0 Å². The van der Waals surface area contributed by atoms with Gasteiger partial charge < -0.3 is 9.90 Å². The van der Waals surface area contributed by atoms with Crippen LogP contribution >= 0.6 is 0 Å². The van der Waals surface area contributed by atoms with Gasteiger partial charge in [0, 0.05) is 0 Å². The van der Waals surface area contributed by atoms with Crippen LogP contribution in [0, 0.1) is 0 Å². The van der Waals surface area contributed by atoms with Gasteiger partial charge in [0.05, 0.1) is 18.3 Å². The molecule has 150 valence electrons. The third kappa shape index (κ3) is 23.1. The van der Waals surface area contributed by atoms with Crippen LogP contribution in [0.2, 0.25) is 0 Å². The average molecular weight is 416 g/mol. The molecule has 0 aromatic heterocycles. The number of carboxylic acid groups (broad SMARTS) is 1. The summed E-state index contributed by atoms with van der Waals surface area (Å²) < 4.78 is 25.0. The second-order valence-corrected chi connectivity index (χ2v) is 8.89. The van der Waals surface area contributed by atoms with Gasteiger partial charge in [0.1, 0.15) is 0 Å². The van der Waals surface area contributed by atoms with Crippen LogP contribution in [0.3, 0.4) is 0 Å². The first-order valence-electron chi connectivity index (χ1n) is 10.1. The number of hydrogen-bond acceptors (Lipinski definition) is 4. The van der Waals surface area contributed by atoms with Crippen LogP contribution in [0.15, 0.2) is 0 Å². The average Bonchev–Trinajstić information content (AvgIpc) is 2.56. The fraction of sp³-hybridized carbons (Fsp3) is 0.947. The monoisotopic (exact) mass is 415 g/mol. The summed E-state index contributed by atoms with van der Waals surface area (Å²) >= 11 is 0. The summed E-state index contributed by atoms with van der Waals surface area (Å²) in [7, 11) is -3.47. The van der Waals surface area contributed by atoms with E-state index in [1.807, 2.05) is 4.72 Å². The number of carbonyl (C=O) groups is 1. The molecule has 0 fully saturated rings. The van der Waals surface area contributed by atoms with Crippen molar-refractivity contribution in [3.05, 3.63) is 0 Å². The molecule has 0 unspecified atom stereocenters. The Morgan fingerprint density at radius 2 is 1.08 bits per heavy atom. The van der Waals surface area contributed by atoms with Crippen molar-refractivity contribution in [1.29, 1.82) is 0 Å². The van der Waals surface area contributed by atoms with E-state index in [1.54, 1.807) is 0 Å². The van der Waals surface area contributed by atoms with E-state index >= 15 is 0 Å². The third-order valence-electron chi connectivity index (χ3n) is 4.45. The normalized spacial score (nSPS) is 11.3. The van der Waals surface area contributed by atoms with Crippen molar-refractivity contribution in [2.45, 2.75) is 103 Å². The Labute approximate surface area is 203 Å². The van der Waals surface area contributed by atoms with Gasteiger partial charge in [-0.2, -0.15) is 0 Å². The maximum Gasteiger partial charge on any atom is 1.00 e. The van der Waals surface area contributed by atoms with Crippen molar-refractivity contribution < 1.29 is 69.7 Å². The molecule has 26 heavy (non-hydrogen) atoms. The van der Waals surface area contributed by atoms with E-state index in [4.69, 9.17) is 0 Å². The van der Waals surface area contributed by atoms with Crippen molar-refractivity contribution in [3.8, 4) is 0 Å². The smallest absolute Gasteiger partial charge is 0.549 e. The van der Waals surface area contributed by atoms with Gasteiger partial charge in [-0.05, 0) is 6.42 Å². The molecule has 0 aromatic rings. The third-order valence-corrected chi connectivity index (χ3v) is 5.86. The van der Waals surface area contributed by atoms with Gasteiger partial charge in [0.2, 0.25) is 10.0 Å². The quantitative estimate of drug-likeness (QED) is 0.246. The zero-order valence-corrected chi connectivity index (χ0v) is 21.0. The minimum absolute atomic E-state index is 0. The van der Waals surface area contributed by atoms with E-state index in [0.717, 1.165) is 19.3 Å². The van der Waals surface area contributed by atoms with Crippen molar-refractivity contribution in [2.24, 2.45) is 0 Å². The van der Waals surface area contributed by atoms with Gasteiger partial charge in [-0.3, -0.25) is 0 Å². The second-order valence-electron chi connectivity index (χ2n) is 6.96. The summed E-state index contributed by atoms with van der Waals surface area (Å²) in [5, 5.41) is 10.2. The van der Waals surface area contributed by atoms with Crippen LogP contribution in [0.25, 0.3) is 0 Å². The number of carboxylic acids is 1. The molecule has 0 saturated heterocycles. The van der Waals surface area contributed by atoms with E-state index in [-0.39, 0.29) is 57.1 Å². The van der Waals surface area contributed by atoms with Crippen molar-refractivity contribution in [3.63, 3.8) is 0 Å². The fourth-order valence-electron chi connectivity index (χ4n) is 2.90. The Bertz CT molecular complexity index is 416. The molecule has 0 radical (unpaired) electrons. The number of nitrogens with one attached hydrogen (secondary N) is 1. The van der Waals surface area contributed by atoms with Crippen LogP contribution in [-0.2, 0) is 14.8 Å². The van der Waals surface area contributed by atoms with Crippen LogP contribution in [0.4, 0.5) is 0 Å². The van der Waals surface area contributed by atoms with Gasteiger partial charge in [0.15, 0.2) is 0 Å². The fourth-order valence-corrected chi connectivity index (χ4v) is 3.97. The van der Waals surface area contributed by atoms with E-state index < -0.39 is 22.5 Å². The Morgan fingerprint density at radius 3 is 1.42 bits per heavy atom. The molecule has 0 aliphatic carbocycles. The van der Waals surface area contributed by atoms with Gasteiger partial charge in [-0.15, -0.1) is 0 Å². The number of hydrogen-bond donors (Lipinski definition) is 1. The Balaban J connectivity index is 0. The molecule has 0 heterocycles. The van der Waals surface area contributed by atoms with Crippen molar-refractivity contribution in [2.75, 3.05) is 12.3 Å². The summed E-state index contributed by atoms with van der Waals surface area (Å²) in [4.78, 5) is 10.2. The molecule has 0 amide bonds. The van der Waals surface area contributed by atoms with Crippen molar-refractivity contribution >= 4 is 16.0 Å². The molecule has 0 rings (SSSR count). The van der Waals surface area contributed by atoms with Gasteiger partial charge in [0.25, 0.3) is 0 Å². The number of unbranched alkanes of at least 4 members (excludes halogenated alkanes) is 14. The first-order valence-corrected chi connectivity index (χ1v) is 11.8. The first-order chi connectivity index (χ1) is 12.0. The second kappa shape index (κ2) is 20.7. The predicted octanol–water partition coefficient (Wildman–Crippen LogP) is 0.531. The molecule has 0 aromatic carbocycles. The minimum Gasteiger partial charge on any atom is -0.549 e. The van der Waals surface area contributed by atoms with Gasteiger partial charge >= 0.3 is 51.4 Å². The molecular weight excluding hydrogens is 377 g/mol. The zero-order valence-electron chi connectivity index (χ0n) is 17.1. The molecule has 0 aliphatic heterocycles. The molecule has 0 bridgehead atoms. The van der Waals surface area contributed by atoms with Crippen LogP contribution in [0.1, 0.15) is 103 Å². The number of rotatable bonds is 19. The predicted molar refractivity (Wildman–Crippen MR) is 102 cm³/mol. The molecule has 0 spiro atoms. The maximum atomic E-state index is 11.5. The summed E-state index contributed by atoms with van der Waals surface area (Å²) in [5.74, 6) is -1.40. The Hall–Kier alpha value is 1.02. The molecule has 5 nitrogen and oxygen atoms in total. The van der Waals surface area contributed by atoms with E-state index in [1.165, 1.54) is 70.6 Å². The summed E-state index contributed by atoms with van der Waals surface area (Å²) in [6.45, 7) is 1.61.